The molecule has 214 valence electrons. The molecule has 3 heterocycles. The third-order valence-electron chi connectivity index (χ3n) is 9.17. The third kappa shape index (κ3) is 3.80. The van der Waals surface area contributed by atoms with Crippen molar-refractivity contribution in [2.75, 3.05) is 17.3 Å². The molecule has 1 N–H and O–H groups in total. The highest BCUT2D eigenvalue weighted by Crippen LogP contribution is 2.59. The molecule has 0 unspecified atom stereocenters. The number of nitrogens with zero attached hydrogens (tertiary/aromatic N) is 1. The fourth-order valence-electron chi connectivity index (χ4n) is 7.29. The molecule has 1 amide bonds. The second-order valence-corrected chi connectivity index (χ2v) is 11.5. The van der Waals surface area contributed by atoms with Gasteiger partial charge in [-0.1, -0.05) is 48.0 Å². The van der Waals surface area contributed by atoms with Crippen molar-refractivity contribution in [1.82, 2.24) is 0 Å². The molecule has 1 fully saturated rings. The predicted octanol–water partition coefficient (Wildman–Crippen LogP) is 6.39. The molecule has 0 aromatic heterocycles. The van der Waals surface area contributed by atoms with Crippen molar-refractivity contribution in [3.63, 3.8) is 0 Å². The highest BCUT2D eigenvalue weighted by Gasteiger charge is 2.70. The van der Waals surface area contributed by atoms with E-state index in [2.05, 4.69) is 11.4 Å². The number of Topliss-reactive ketones (excluding diaryl/α,β-unsaturated/α-hetero) is 2. The van der Waals surface area contributed by atoms with Crippen LogP contribution >= 0.6 is 0 Å². The van der Waals surface area contributed by atoms with Gasteiger partial charge in [-0.25, -0.2) is 4.39 Å². The van der Waals surface area contributed by atoms with Crippen molar-refractivity contribution in [2.24, 2.45) is 5.92 Å². The molecule has 0 saturated carbocycles. The van der Waals surface area contributed by atoms with Crippen molar-refractivity contribution in [3.05, 3.63) is 131 Å². The van der Waals surface area contributed by atoms with E-state index in [1.807, 2.05) is 61.2 Å². The second-order valence-electron chi connectivity index (χ2n) is 11.5. The molecule has 3 aliphatic rings. The van der Waals surface area contributed by atoms with Crippen molar-refractivity contribution in [2.45, 2.75) is 31.3 Å². The van der Waals surface area contributed by atoms with E-state index in [9.17, 15) is 18.8 Å². The van der Waals surface area contributed by atoms with E-state index in [-0.39, 0.29) is 17.3 Å². The number of carbonyl (C=O) groups is 3. The fraction of sp³-hybridized carbons (Fsp3) is 0.194. The number of aryl methyl sites for hydroxylation is 1. The molecule has 6 nitrogen and oxygen atoms in total. The Morgan fingerprint density at radius 1 is 0.884 bits per heavy atom. The molecular formula is C36H29FN2O4. The molecular weight excluding hydrogens is 543 g/mol. The van der Waals surface area contributed by atoms with Gasteiger partial charge in [0.05, 0.1) is 19.1 Å². The van der Waals surface area contributed by atoms with Crippen LogP contribution < -0.4 is 15.0 Å². The first kappa shape index (κ1) is 26.8. The largest absolute Gasteiger partial charge is 0.497 e. The number of halogens is 1. The van der Waals surface area contributed by atoms with Crippen molar-refractivity contribution < 1.29 is 23.5 Å². The minimum absolute atomic E-state index is 0.232. The summed E-state index contributed by atoms with van der Waals surface area (Å²) in [5, 5.41) is 3.04. The summed E-state index contributed by atoms with van der Waals surface area (Å²) < 4.78 is 19.4. The first-order chi connectivity index (χ1) is 20.7. The Morgan fingerprint density at radius 3 is 2.42 bits per heavy atom. The Morgan fingerprint density at radius 2 is 1.65 bits per heavy atom. The first-order valence-corrected chi connectivity index (χ1v) is 14.2. The summed E-state index contributed by atoms with van der Waals surface area (Å²) in [7, 11) is 1.53. The molecule has 4 atom stereocenters. The number of hydrogen-bond acceptors (Lipinski definition) is 5. The van der Waals surface area contributed by atoms with E-state index in [0.29, 0.717) is 22.6 Å². The highest BCUT2D eigenvalue weighted by molar-refractivity contribution is 6.18. The Hall–Kier alpha value is -5.04. The van der Waals surface area contributed by atoms with Crippen LogP contribution in [-0.2, 0) is 10.2 Å². The summed E-state index contributed by atoms with van der Waals surface area (Å²) in [6.45, 7) is 4.00. The van der Waals surface area contributed by atoms with Gasteiger partial charge in [0, 0.05) is 28.1 Å². The molecule has 4 aromatic carbocycles. The van der Waals surface area contributed by atoms with Crippen molar-refractivity contribution in [1.29, 1.82) is 0 Å². The lowest BCUT2D eigenvalue weighted by molar-refractivity contribution is -0.121. The van der Waals surface area contributed by atoms with Crippen LogP contribution in [0.25, 0.3) is 5.57 Å². The summed E-state index contributed by atoms with van der Waals surface area (Å²) >= 11 is 0. The van der Waals surface area contributed by atoms with Gasteiger partial charge in [0.1, 0.15) is 23.0 Å². The van der Waals surface area contributed by atoms with Gasteiger partial charge in [0.25, 0.3) is 0 Å². The molecule has 43 heavy (non-hydrogen) atoms. The smallest absolute Gasteiger partial charge is 0.238 e. The number of ketones is 2. The van der Waals surface area contributed by atoms with E-state index in [0.717, 1.165) is 22.4 Å². The molecule has 1 saturated heterocycles. The topological polar surface area (TPSA) is 75.7 Å². The molecule has 4 aromatic rings. The van der Waals surface area contributed by atoms with E-state index in [4.69, 9.17) is 4.74 Å². The average Bonchev–Trinajstić information content (AvgIpc) is 3.49. The fourth-order valence-corrected chi connectivity index (χ4v) is 7.29. The summed E-state index contributed by atoms with van der Waals surface area (Å²) in [5.74, 6) is -2.16. The zero-order valence-corrected chi connectivity index (χ0v) is 23.9. The van der Waals surface area contributed by atoms with Crippen molar-refractivity contribution >= 4 is 34.4 Å². The van der Waals surface area contributed by atoms with Gasteiger partial charge in [-0.3, -0.25) is 14.4 Å². The highest BCUT2D eigenvalue weighted by atomic mass is 19.1. The average molecular weight is 573 g/mol. The summed E-state index contributed by atoms with van der Waals surface area (Å²) in [5.41, 5.74) is 4.16. The van der Waals surface area contributed by atoms with Crippen LogP contribution in [0.3, 0.4) is 0 Å². The van der Waals surface area contributed by atoms with E-state index < -0.39 is 35.0 Å². The van der Waals surface area contributed by atoms with Gasteiger partial charge < -0.3 is 15.0 Å². The normalized spacial score (nSPS) is 23.3. The number of benzene rings is 4. The van der Waals surface area contributed by atoms with Crippen LogP contribution in [0.5, 0.6) is 5.75 Å². The summed E-state index contributed by atoms with van der Waals surface area (Å²) in [6, 6.07) is 23.8. The van der Waals surface area contributed by atoms with Crippen LogP contribution in [0.15, 0.2) is 97.1 Å². The van der Waals surface area contributed by atoms with Gasteiger partial charge in [-0.05, 0) is 79.6 Å². The van der Waals surface area contributed by atoms with Crippen LogP contribution in [-0.4, -0.2) is 36.7 Å². The van der Waals surface area contributed by atoms with Crippen LogP contribution in [0.1, 0.15) is 44.3 Å². The number of anilines is 2. The molecule has 0 radical (unpaired) electrons. The molecule has 7 heteroatoms. The van der Waals surface area contributed by atoms with Crippen LogP contribution in [0.4, 0.5) is 15.8 Å². The molecule has 0 aliphatic carbocycles. The third-order valence-corrected chi connectivity index (χ3v) is 9.17. The number of carbonyl (C=O) groups excluding carboxylic acids is 3. The minimum Gasteiger partial charge on any atom is -0.497 e. The van der Waals surface area contributed by atoms with Gasteiger partial charge >= 0.3 is 0 Å². The number of nitrogens with one attached hydrogen (secondary N) is 1. The maximum atomic E-state index is 14.8. The summed E-state index contributed by atoms with van der Waals surface area (Å²) in [6.07, 6.45) is 2.02. The number of methoxy groups -OCH3 is 1. The van der Waals surface area contributed by atoms with Gasteiger partial charge in [-0.15, -0.1) is 0 Å². The van der Waals surface area contributed by atoms with E-state index in [1.54, 1.807) is 24.3 Å². The van der Waals surface area contributed by atoms with Gasteiger partial charge in [0.2, 0.25) is 5.91 Å². The molecule has 7 rings (SSSR count). The Bertz CT molecular complexity index is 1860. The number of rotatable bonds is 5. The van der Waals surface area contributed by atoms with Crippen LogP contribution in [0.2, 0.25) is 0 Å². The Balaban J connectivity index is 1.55. The quantitative estimate of drug-likeness (QED) is 0.281. The number of para-hydroxylation sites is 1. The number of ether oxygens (including phenoxy) is 1. The molecule has 1 spiro atoms. The van der Waals surface area contributed by atoms with Gasteiger partial charge in [-0.2, -0.15) is 0 Å². The number of amides is 1. The maximum Gasteiger partial charge on any atom is 0.238 e. The standard InChI is InChI=1S/C36H29FN2O4/c1-20-11-16-29-26(17-20)21(2)18-30-36(27-9-4-5-10-28(27)38-35(36)42)31(33(40)22-12-14-24(37)15-13-22)32(39(29)30)34(41)23-7-6-8-25(19-23)43-3/h4-19,30-32H,1-3H3,(H,38,42)/t30-,31+,32-,36+/m0/s1. The van der Waals surface area contributed by atoms with Gasteiger partial charge in [0.15, 0.2) is 11.6 Å². The lowest BCUT2D eigenvalue weighted by Gasteiger charge is -2.39. The van der Waals surface area contributed by atoms with Crippen LogP contribution in [0, 0.1) is 18.7 Å². The predicted molar refractivity (Wildman–Crippen MR) is 163 cm³/mol. The number of fused-ring (bicyclic) bond motifs is 6. The monoisotopic (exact) mass is 572 g/mol. The Labute approximate surface area is 248 Å². The second kappa shape index (κ2) is 9.76. The number of hydrogen-bond donors (Lipinski definition) is 1. The lowest BCUT2D eigenvalue weighted by atomic mass is 9.64. The Kier molecular flexibility index (Phi) is 6.09. The SMILES string of the molecule is COc1cccc(C(=O)[C@@H]2[C@H](C(=O)c3ccc(F)cc3)[C@]3(C(=O)Nc4ccccc43)[C@@H]3C=C(C)c4cc(C)ccc4N23)c1. The first-order valence-electron chi connectivity index (χ1n) is 14.2. The molecule has 0 bridgehead atoms. The lowest BCUT2D eigenvalue weighted by Crippen LogP contribution is -2.51. The van der Waals surface area contributed by atoms with E-state index in [1.165, 1.54) is 31.4 Å². The van der Waals surface area contributed by atoms with E-state index >= 15 is 0 Å². The molecule has 3 aliphatic heterocycles. The zero-order valence-electron chi connectivity index (χ0n) is 23.9. The maximum absolute atomic E-state index is 14.8. The van der Waals surface area contributed by atoms with Crippen molar-refractivity contribution in [3.8, 4) is 5.75 Å². The number of allylic oxidation sites excluding steroid dienone is 1. The minimum atomic E-state index is -1.44. The summed E-state index contributed by atoms with van der Waals surface area (Å²) in [4.78, 5) is 46.1. The zero-order chi connectivity index (χ0) is 30.0.